The van der Waals surface area contributed by atoms with Gasteiger partial charge in [-0.05, 0) is 19.1 Å². The number of oxime groups is 1. The van der Waals surface area contributed by atoms with E-state index in [0.717, 1.165) is 0 Å². The Morgan fingerprint density at radius 3 is 2.39 bits per heavy atom. The van der Waals surface area contributed by atoms with Crippen molar-refractivity contribution in [2.24, 2.45) is 5.16 Å². The third-order valence-corrected chi connectivity index (χ3v) is 4.01. The lowest BCUT2D eigenvalue weighted by Gasteiger charge is -2.16. The van der Waals surface area contributed by atoms with Crippen LogP contribution in [0.3, 0.4) is 0 Å². The standard InChI is InChI=1S/C20H24N2O6/c1-7-12-16(13-9-10-15(24-3)19(26-5)18(13)25-4)14(11-21-27-6)22-17(12)20(23)28-8-2/h7,9-11,22H,1,8H2,2-6H3/b21-11+. The van der Waals surface area contributed by atoms with Crippen LogP contribution in [0.15, 0.2) is 23.9 Å². The zero-order valence-corrected chi connectivity index (χ0v) is 16.6. The Hall–Kier alpha value is -3.42. The number of benzene rings is 1. The molecule has 0 spiro atoms. The van der Waals surface area contributed by atoms with Crippen LogP contribution in [0.5, 0.6) is 17.2 Å². The van der Waals surface area contributed by atoms with E-state index < -0.39 is 5.97 Å². The molecule has 2 rings (SSSR count). The third-order valence-electron chi connectivity index (χ3n) is 4.01. The van der Waals surface area contributed by atoms with Crippen LogP contribution < -0.4 is 14.2 Å². The first-order valence-electron chi connectivity index (χ1n) is 8.49. The smallest absolute Gasteiger partial charge is 0.355 e. The van der Waals surface area contributed by atoms with Gasteiger partial charge in [0.05, 0.1) is 39.8 Å². The van der Waals surface area contributed by atoms with Crippen molar-refractivity contribution in [3.8, 4) is 28.4 Å². The molecule has 0 unspecified atom stereocenters. The van der Waals surface area contributed by atoms with Gasteiger partial charge in [0.1, 0.15) is 12.8 Å². The van der Waals surface area contributed by atoms with Crippen molar-refractivity contribution in [3.05, 3.63) is 35.7 Å². The fraction of sp³-hybridized carbons (Fsp3) is 0.300. The molecule has 8 heteroatoms. The fourth-order valence-electron chi connectivity index (χ4n) is 2.89. The maximum Gasteiger partial charge on any atom is 0.355 e. The molecule has 2 aromatic rings. The lowest BCUT2D eigenvalue weighted by Crippen LogP contribution is -2.06. The van der Waals surface area contributed by atoms with Gasteiger partial charge in [-0.1, -0.05) is 17.8 Å². The number of nitrogens with zero attached hydrogens (tertiary/aromatic N) is 1. The second kappa shape index (κ2) is 9.50. The van der Waals surface area contributed by atoms with E-state index in [4.69, 9.17) is 23.8 Å². The average molecular weight is 388 g/mol. The van der Waals surface area contributed by atoms with Gasteiger partial charge in [-0.15, -0.1) is 0 Å². The molecular formula is C20H24N2O6. The first-order chi connectivity index (χ1) is 13.6. The maximum atomic E-state index is 12.4. The molecule has 0 aliphatic heterocycles. The topological polar surface area (TPSA) is 91.4 Å². The zero-order valence-electron chi connectivity index (χ0n) is 16.6. The number of carbonyl (C=O) groups excluding carboxylic acids is 1. The number of rotatable bonds is 9. The summed E-state index contributed by atoms with van der Waals surface area (Å²) in [7, 11) is 6.01. The maximum absolute atomic E-state index is 12.4. The van der Waals surface area contributed by atoms with Gasteiger partial charge in [-0.3, -0.25) is 0 Å². The highest BCUT2D eigenvalue weighted by molar-refractivity contribution is 6.03. The minimum atomic E-state index is -0.504. The molecular weight excluding hydrogens is 364 g/mol. The molecule has 0 aliphatic rings. The number of ether oxygens (including phenoxy) is 4. The van der Waals surface area contributed by atoms with Gasteiger partial charge in [0.2, 0.25) is 5.75 Å². The van der Waals surface area contributed by atoms with E-state index in [0.29, 0.717) is 39.6 Å². The largest absolute Gasteiger partial charge is 0.493 e. The van der Waals surface area contributed by atoms with E-state index in [1.807, 2.05) is 0 Å². The van der Waals surface area contributed by atoms with Gasteiger partial charge < -0.3 is 28.8 Å². The van der Waals surface area contributed by atoms with E-state index in [2.05, 4.69) is 16.7 Å². The van der Waals surface area contributed by atoms with Crippen molar-refractivity contribution in [2.45, 2.75) is 6.92 Å². The van der Waals surface area contributed by atoms with Crippen LogP contribution in [-0.2, 0) is 9.57 Å². The molecule has 1 N–H and O–H groups in total. The van der Waals surface area contributed by atoms with Crippen LogP contribution in [0.2, 0.25) is 0 Å². The number of nitrogens with one attached hydrogen (secondary N) is 1. The average Bonchev–Trinajstić information content (AvgIpc) is 3.09. The first-order valence-corrected chi connectivity index (χ1v) is 8.49. The van der Waals surface area contributed by atoms with Gasteiger partial charge in [0, 0.05) is 16.7 Å². The number of methoxy groups -OCH3 is 3. The zero-order chi connectivity index (χ0) is 20.7. The summed E-state index contributed by atoms with van der Waals surface area (Å²) >= 11 is 0. The Labute approximate surface area is 163 Å². The van der Waals surface area contributed by atoms with Crippen LogP contribution in [0.1, 0.15) is 28.7 Å². The Bertz CT molecular complexity index is 885. The number of carbonyl (C=O) groups is 1. The summed E-state index contributed by atoms with van der Waals surface area (Å²) in [5, 5.41) is 3.81. The third kappa shape index (κ3) is 3.80. The molecule has 0 atom stereocenters. The first kappa shape index (κ1) is 20.9. The number of H-pyrrole nitrogens is 1. The Balaban J connectivity index is 2.85. The molecule has 8 nitrogen and oxygen atoms in total. The highest BCUT2D eigenvalue weighted by atomic mass is 16.6. The van der Waals surface area contributed by atoms with E-state index in [-0.39, 0.29) is 12.3 Å². The Kier molecular flexibility index (Phi) is 7.08. The number of hydrogen-bond donors (Lipinski definition) is 1. The van der Waals surface area contributed by atoms with E-state index in [1.165, 1.54) is 34.7 Å². The van der Waals surface area contributed by atoms with Crippen molar-refractivity contribution in [1.82, 2.24) is 4.98 Å². The second-order valence-electron chi connectivity index (χ2n) is 5.43. The van der Waals surface area contributed by atoms with Crippen LogP contribution >= 0.6 is 0 Å². The summed E-state index contributed by atoms with van der Waals surface area (Å²) in [5.41, 5.74) is 2.60. The monoisotopic (exact) mass is 388 g/mol. The minimum absolute atomic E-state index is 0.241. The van der Waals surface area contributed by atoms with Crippen LogP contribution in [0.25, 0.3) is 17.2 Å². The molecule has 0 saturated heterocycles. The van der Waals surface area contributed by atoms with Gasteiger partial charge in [0.25, 0.3) is 0 Å². The van der Waals surface area contributed by atoms with Crippen LogP contribution in [-0.4, -0.2) is 52.2 Å². The van der Waals surface area contributed by atoms with Crippen molar-refractivity contribution in [3.63, 3.8) is 0 Å². The quantitative estimate of drug-likeness (QED) is 0.402. The highest BCUT2D eigenvalue weighted by Gasteiger charge is 2.26. The molecule has 0 amide bonds. The van der Waals surface area contributed by atoms with E-state index in [1.54, 1.807) is 25.1 Å². The molecule has 1 aromatic carbocycles. The highest BCUT2D eigenvalue weighted by Crippen LogP contribution is 2.46. The minimum Gasteiger partial charge on any atom is -0.493 e. The molecule has 0 fully saturated rings. The number of esters is 1. The summed E-state index contributed by atoms with van der Waals surface area (Å²) in [6.45, 7) is 5.82. The normalized spacial score (nSPS) is 10.6. The van der Waals surface area contributed by atoms with E-state index in [9.17, 15) is 4.79 Å². The Morgan fingerprint density at radius 1 is 1.14 bits per heavy atom. The number of hydrogen-bond acceptors (Lipinski definition) is 7. The molecule has 150 valence electrons. The molecule has 1 heterocycles. The summed E-state index contributed by atoms with van der Waals surface area (Å²) < 4.78 is 21.6. The molecule has 0 radical (unpaired) electrons. The molecule has 0 bridgehead atoms. The SMILES string of the molecule is C=Cc1c(C(=O)OCC)[nH]c(/C=N/OC)c1-c1ccc(OC)c(OC)c1OC. The van der Waals surface area contributed by atoms with Crippen molar-refractivity contribution >= 4 is 18.3 Å². The summed E-state index contributed by atoms with van der Waals surface area (Å²) in [4.78, 5) is 20.3. The lowest BCUT2D eigenvalue weighted by atomic mass is 9.98. The van der Waals surface area contributed by atoms with Crippen LogP contribution in [0.4, 0.5) is 0 Å². The second-order valence-corrected chi connectivity index (χ2v) is 5.43. The Morgan fingerprint density at radius 2 is 1.86 bits per heavy atom. The van der Waals surface area contributed by atoms with Crippen LogP contribution in [0, 0.1) is 0 Å². The molecule has 0 saturated carbocycles. The lowest BCUT2D eigenvalue weighted by molar-refractivity contribution is 0.0520. The summed E-state index contributed by atoms with van der Waals surface area (Å²) in [6.07, 6.45) is 3.03. The molecule has 1 aromatic heterocycles. The number of aromatic nitrogens is 1. The van der Waals surface area contributed by atoms with Gasteiger partial charge in [0.15, 0.2) is 11.5 Å². The van der Waals surface area contributed by atoms with Crippen molar-refractivity contribution < 1.29 is 28.6 Å². The van der Waals surface area contributed by atoms with Crippen molar-refractivity contribution in [1.29, 1.82) is 0 Å². The van der Waals surface area contributed by atoms with Gasteiger partial charge in [-0.2, -0.15) is 0 Å². The summed E-state index contributed by atoms with van der Waals surface area (Å²) in [6, 6.07) is 3.55. The molecule has 0 aliphatic carbocycles. The number of aromatic amines is 1. The fourth-order valence-corrected chi connectivity index (χ4v) is 2.89. The molecule has 28 heavy (non-hydrogen) atoms. The summed E-state index contributed by atoms with van der Waals surface area (Å²) in [5.74, 6) is 0.865. The predicted octanol–water partition coefficient (Wildman–Crippen LogP) is 3.51. The van der Waals surface area contributed by atoms with Gasteiger partial charge in [-0.25, -0.2) is 4.79 Å². The van der Waals surface area contributed by atoms with Crippen molar-refractivity contribution in [2.75, 3.05) is 35.0 Å². The van der Waals surface area contributed by atoms with Gasteiger partial charge >= 0.3 is 5.97 Å². The predicted molar refractivity (Wildman–Crippen MR) is 107 cm³/mol. The van der Waals surface area contributed by atoms with E-state index >= 15 is 0 Å².